The Morgan fingerprint density at radius 3 is 2.67 bits per heavy atom. The molecule has 0 radical (unpaired) electrons. The molecule has 4 aromatic rings. The summed E-state index contributed by atoms with van der Waals surface area (Å²) < 4.78 is 1.19. The third-order valence-corrected chi connectivity index (χ3v) is 8.04. The average Bonchev–Trinajstić information content (AvgIpc) is 3.21. The van der Waals surface area contributed by atoms with Crippen molar-refractivity contribution in [3.8, 4) is 10.6 Å². The summed E-state index contributed by atoms with van der Waals surface area (Å²) in [5.74, 6) is -0.0359. The molecule has 0 saturated heterocycles. The number of anilines is 1. The van der Waals surface area contributed by atoms with Crippen LogP contribution in [-0.2, 0) is 12.8 Å². The predicted molar refractivity (Wildman–Crippen MR) is 128 cm³/mol. The lowest BCUT2D eigenvalue weighted by Gasteiger charge is -2.09. The average molecular weight is 433 g/mol. The van der Waals surface area contributed by atoms with Gasteiger partial charge in [0.05, 0.1) is 10.2 Å². The van der Waals surface area contributed by atoms with Crippen LogP contribution in [0, 0.1) is 13.8 Å². The van der Waals surface area contributed by atoms with Gasteiger partial charge in [0.2, 0.25) is 0 Å². The van der Waals surface area contributed by atoms with E-state index in [1.165, 1.54) is 40.0 Å². The van der Waals surface area contributed by atoms with Crippen LogP contribution >= 0.6 is 22.7 Å². The highest BCUT2D eigenvalue weighted by molar-refractivity contribution is 7.22. The van der Waals surface area contributed by atoms with Gasteiger partial charge in [-0.1, -0.05) is 36.2 Å². The van der Waals surface area contributed by atoms with E-state index < -0.39 is 0 Å². The van der Waals surface area contributed by atoms with E-state index in [1.54, 1.807) is 22.7 Å². The van der Waals surface area contributed by atoms with Gasteiger partial charge in [0.25, 0.3) is 5.91 Å². The number of amides is 1. The monoisotopic (exact) mass is 432 g/mol. The Bertz CT molecular complexity index is 1220. The van der Waals surface area contributed by atoms with E-state index in [2.05, 4.69) is 36.5 Å². The summed E-state index contributed by atoms with van der Waals surface area (Å²) in [5, 5.41) is 5.22. The number of aryl methyl sites for hydroxylation is 3. The maximum Gasteiger partial charge on any atom is 0.256 e. The second-order valence-electron chi connectivity index (χ2n) is 8.03. The summed E-state index contributed by atoms with van der Waals surface area (Å²) in [6.07, 6.45) is 5.85. The summed E-state index contributed by atoms with van der Waals surface area (Å²) in [4.78, 5) is 19.5. The molecule has 1 amide bonds. The van der Waals surface area contributed by atoms with Gasteiger partial charge in [-0.05, 0) is 68.9 Å². The van der Waals surface area contributed by atoms with Gasteiger partial charge in [0, 0.05) is 16.0 Å². The molecule has 0 aliphatic heterocycles. The highest BCUT2D eigenvalue weighted by Crippen LogP contribution is 2.46. The fraction of sp³-hybridized carbons (Fsp3) is 0.280. The highest BCUT2D eigenvalue weighted by Gasteiger charge is 2.25. The molecule has 1 aliphatic rings. The number of thiazole rings is 1. The van der Waals surface area contributed by atoms with Crippen molar-refractivity contribution in [1.82, 2.24) is 4.98 Å². The van der Waals surface area contributed by atoms with Crippen LogP contribution in [0.1, 0.15) is 51.2 Å². The van der Waals surface area contributed by atoms with Gasteiger partial charge in [-0.25, -0.2) is 4.98 Å². The van der Waals surface area contributed by atoms with Crippen molar-refractivity contribution in [3.63, 3.8) is 0 Å². The maximum atomic E-state index is 13.2. The molecule has 2 aromatic carbocycles. The molecular weight excluding hydrogens is 408 g/mol. The zero-order chi connectivity index (χ0) is 20.7. The Balaban J connectivity index is 1.60. The largest absolute Gasteiger partial charge is 0.313 e. The van der Waals surface area contributed by atoms with Crippen molar-refractivity contribution in [3.05, 3.63) is 69.6 Å². The highest BCUT2D eigenvalue weighted by atomic mass is 32.1. The number of thiophene rings is 1. The number of carbonyl (C=O) groups excluding carboxylic acids is 1. The second kappa shape index (κ2) is 7.97. The van der Waals surface area contributed by atoms with Crippen LogP contribution in [-0.4, -0.2) is 10.9 Å². The van der Waals surface area contributed by atoms with E-state index in [-0.39, 0.29) is 5.91 Å². The molecule has 0 saturated carbocycles. The minimum Gasteiger partial charge on any atom is -0.313 e. The van der Waals surface area contributed by atoms with Gasteiger partial charge in [-0.15, -0.1) is 22.7 Å². The first-order chi connectivity index (χ1) is 14.6. The molecule has 2 aromatic heterocycles. The van der Waals surface area contributed by atoms with Crippen LogP contribution in [0.4, 0.5) is 5.00 Å². The lowest BCUT2D eigenvalue weighted by molar-refractivity contribution is 0.102. The van der Waals surface area contributed by atoms with Gasteiger partial charge in [-0.3, -0.25) is 4.79 Å². The molecule has 30 heavy (non-hydrogen) atoms. The summed E-state index contributed by atoms with van der Waals surface area (Å²) >= 11 is 3.47. The first-order valence-electron chi connectivity index (χ1n) is 10.5. The van der Waals surface area contributed by atoms with Crippen LogP contribution in [0.5, 0.6) is 0 Å². The van der Waals surface area contributed by atoms with Gasteiger partial charge >= 0.3 is 0 Å². The molecule has 2 heterocycles. The molecule has 0 spiro atoms. The van der Waals surface area contributed by atoms with E-state index in [0.717, 1.165) is 45.1 Å². The Labute approximate surface area is 184 Å². The van der Waals surface area contributed by atoms with E-state index in [9.17, 15) is 4.79 Å². The Morgan fingerprint density at radius 1 is 1.00 bits per heavy atom. The molecule has 5 rings (SSSR count). The Morgan fingerprint density at radius 2 is 1.83 bits per heavy atom. The van der Waals surface area contributed by atoms with Crippen molar-refractivity contribution in [1.29, 1.82) is 0 Å². The minimum atomic E-state index is -0.0359. The van der Waals surface area contributed by atoms with Crippen LogP contribution < -0.4 is 5.32 Å². The number of carbonyl (C=O) groups is 1. The molecule has 1 aliphatic carbocycles. The maximum absolute atomic E-state index is 13.2. The smallest absolute Gasteiger partial charge is 0.256 e. The number of fused-ring (bicyclic) bond motifs is 2. The van der Waals surface area contributed by atoms with Crippen molar-refractivity contribution >= 4 is 43.8 Å². The van der Waals surface area contributed by atoms with Gasteiger partial charge < -0.3 is 5.32 Å². The zero-order valence-corrected chi connectivity index (χ0v) is 18.9. The molecule has 0 fully saturated rings. The van der Waals surface area contributed by atoms with E-state index in [4.69, 9.17) is 4.98 Å². The number of nitrogens with zero attached hydrogens (tertiary/aromatic N) is 1. The summed E-state index contributed by atoms with van der Waals surface area (Å²) in [7, 11) is 0. The van der Waals surface area contributed by atoms with Crippen molar-refractivity contribution in [2.75, 3.05) is 5.32 Å². The molecule has 3 nitrogen and oxygen atoms in total. The van der Waals surface area contributed by atoms with Gasteiger partial charge in [-0.2, -0.15) is 0 Å². The Hall–Kier alpha value is -2.50. The van der Waals surface area contributed by atoms with Crippen molar-refractivity contribution < 1.29 is 4.79 Å². The van der Waals surface area contributed by atoms with E-state index in [0.29, 0.717) is 0 Å². The molecule has 0 unspecified atom stereocenters. The van der Waals surface area contributed by atoms with E-state index >= 15 is 0 Å². The van der Waals surface area contributed by atoms with Crippen LogP contribution in [0.25, 0.3) is 20.8 Å². The summed E-state index contributed by atoms with van der Waals surface area (Å²) in [6.45, 7) is 4.05. The number of aromatic nitrogens is 1. The molecular formula is C25H24N2OS2. The molecule has 0 atom stereocenters. The second-order valence-corrected chi connectivity index (χ2v) is 10.2. The molecule has 5 heteroatoms. The van der Waals surface area contributed by atoms with Crippen LogP contribution in [0.15, 0.2) is 42.5 Å². The number of nitrogens with one attached hydrogen (secondary N) is 1. The zero-order valence-electron chi connectivity index (χ0n) is 17.2. The number of benzene rings is 2. The number of hydrogen-bond acceptors (Lipinski definition) is 4. The lowest BCUT2D eigenvalue weighted by atomic mass is 10.0. The minimum absolute atomic E-state index is 0.0359. The van der Waals surface area contributed by atoms with Crippen molar-refractivity contribution in [2.24, 2.45) is 0 Å². The third kappa shape index (κ3) is 3.57. The molecule has 0 bridgehead atoms. The van der Waals surface area contributed by atoms with Crippen molar-refractivity contribution in [2.45, 2.75) is 46.0 Å². The quantitative estimate of drug-likeness (QED) is 0.349. The third-order valence-electron chi connectivity index (χ3n) is 5.78. The number of hydrogen-bond donors (Lipinski definition) is 1. The summed E-state index contributed by atoms with van der Waals surface area (Å²) in [5.41, 5.74) is 6.48. The summed E-state index contributed by atoms with van der Waals surface area (Å²) in [6, 6.07) is 14.3. The standard InChI is InChI=1S/C25H24N2OS2/c1-15-12-13-17(16(2)14-15)23(28)27-25-22(18-8-4-3-5-10-20(18)29-25)24-26-19-9-6-7-11-21(19)30-24/h6-7,9,11-14H,3-5,8,10H2,1-2H3,(H,27,28). The fourth-order valence-corrected chi connectivity index (χ4v) is 6.67. The predicted octanol–water partition coefficient (Wildman–Crippen LogP) is 7.16. The molecule has 152 valence electrons. The number of rotatable bonds is 3. The van der Waals surface area contributed by atoms with Gasteiger partial charge in [0.1, 0.15) is 10.0 Å². The lowest BCUT2D eigenvalue weighted by Crippen LogP contribution is -2.13. The normalized spacial score (nSPS) is 13.8. The first-order valence-corrected chi connectivity index (χ1v) is 12.1. The SMILES string of the molecule is Cc1ccc(C(=O)Nc2sc3c(c2-c2nc4ccccc4s2)CCCCC3)c(C)c1. The van der Waals surface area contributed by atoms with Crippen LogP contribution in [0.3, 0.4) is 0 Å². The topological polar surface area (TPSA) is 42.0 Å². The Kier molecular flexibility index (Phi) is 5.17. The molecule has 1 N–H and O–H groups in total. The van der Waals surface area contributed by atoms with Crippen LogP contribution in [0.2, 0.25) is 0 Å². The van der Waals surface area contributed by atoms with E-state index in [1.807, 2.05) is 25.1 Å². The first kappa shape index (κ1) is 19.5. The number of para-hydroxylation sites is 1. The van der Waals surface area contributed by atoms with Gasteiger partial charge in [0.15, 0.2) is 0 Å². The fourth-order valence-electron chi connectivity index (χ4n) is 4.27.